The number of carbonyl (C=O) groups is 4. The zero-order chi connectivity index (χ0) is 41.5. The van der Waals surface area contributed by atoms with Crippen molar-refractivity contribution in [1.29, 1.82) is 0 Å². The van der Waals surface area contributed by atoms with Gasteiger partial charge in [-0.25, -0.2) is 0 Å². The first kappa shape index (κ1) is 41.4. The standard InChI is InChI=1S/C48H57N7O4/c1-5-52(6-2)43(34-17-11-9-12-18-34)47(58)54-29-15-21-41(54)45(56)49-37-25-23-33(24-26-37)40-32-36-31-38(27-28-39(36)51-40)50-46(57)42-22-16-30-55(42)48(59)44(53(7-3)8-4)35-19-13-10-14-20-35/h9-14,17-20,23-28,31-32,41-44,51H,5-8,15-16,21-22,29-30H2,1-4H3,(H,49,56)(H,50,57)/t41-,42-,43+,44+/m0/s1. The Labute approximate surface area is 347 Å². The van der Waals surface area contributed by atoms with E-state index in [0.717, 1.165) is 72.3 Å². The minimum absolute atomic E-state index is 0.0344. The number of carbonyl (C=O) groups excluding carboxylic acids is 4. The highest BCUT2D eigenvalue weighted by atomic mass is 16.2. The Balaban J connectivity index is 1.000. The highest BCUT2D eigenvalue weighted by molar-refractivity contribution is 6.01. The van der Waals surface area contributed by atoms with Gasteiger partial charge in [-0.3, -0.25) is 29.0 Å². The van der Waals surface area contributed by atoms with E-state index in [1.165, 1.54) is 0 Å². The molecule has 3 heterocycles. The predicted octanol–water partition coefficient (Wildman–Crippen LogP) is 7.86. The lowest BCUT2D eigenvalue weighted by Gasteiger charge is -2.34. The van der Waals surface area contributed by atoms with Gasteiger partial charge >= 0.3 is 0 Å². The molecule has 0 spiro atoms. The van der Waals surface area contributed by atoms with E-state index in [4.69, 9.17) is 0 Å². The third-order valence-electron chi connectivity index (χ3n) is 12.1. The SMILES string of the molecule is CCN(CC)[C@@H](C(=O)N1CCC[C@H]1C(=O)Nc1ccc(-c2cc3cc(NC(=O)[C@@H]4CCCN4C(=O)[C@@H](c4ccccc4)N(CC)CC)ccc3[nH]2)cc1)c1ccccc1. The fourth-order valence-electron chi connectivity index (χ4n) is 8.94. The lowest BCUT2D eigenvalue weighted by Crippen LogP contribution is -2.48. The highest BCUT2D eigenvalue weighted by Crippen LogP contribution is 2.32. The van der Waals surface area contributed by atoms with Crippen molar-refractivity contribution >= 4 is 45.9 Å². The summed E-state index contributed by atoms with van der Waals surface area (Å²) in [4.78, 5) is 67.0. The van der Waals surface area contributed by atoms with Crippen LogP contribution in [-0.2, 0) is 19.2 Å². The van der Waals surface area contributed by atoms with E-state index >= 15 is 0 Å². The number of nitrogens with zero attached hydrogens (tertiary/aromatic N) is 4. The van der Waals surface area contributed by atoms with E-state index < -0.39 is 24.2 Å². The summed E-state index contributed by atoms with van der Waals surface area (Å²) >= 11 is 0. The van der Waals surface area contributed by atoms with Crippen molar-refractivity contribution < 1.29 is 19.2 Å². The molecule has 11 nitrogen and oxygen atoms in total. The van der Waals surface area contributed by atoms with Gasteiger partial charge in [0, 0.05) is 41.1 Å². The molecular formula is C48H57N7O4. The molecule has 308 valence electrons. The second kappa shape index (κ2) is 18.9. The van der Waals surface area contributed by atoms with Crippen LogP contribution in [0.4, 0.5) is 11.4 Å². The first-order valence-electron chi connectivity index (χ1n) is 21.3. The van der Waals surface area contributed by atoms with Crippen LogP contribution in [0.25, 0.3) is 22.2 Å². The van der Waals surface area contributed by atoms with Crippen LogP contribution in [-0.4, -0.2) is 99.6 Å². The molecule has 59 heavy (non-hydrogen) atoms. The Kier molecular flexibility index (Phi) is 13.2. The first-order chi connectivity index (χ1) is 28.7. The number of H-pyrrole nitrogens is 1. The minimum atomic E-state index is -0.545. The molecule has 0 radical (unpaired) electrons. The van der Waals surface area contributed by atoms with Crippen molar-refractivity contribution in [2.45, 2.75) is 77.5 Å². The average molecular weight is 796 g/mol. The van der Waals surface area contributed by atoms with Crippen molar-refractivity contribution in [3.8, 4) is 11.3 Å². The van der Waals surface area contributed by atoms with Crippen LogP contribution in [0.1, 0.15) is 76.6 Å². The van der Waals surface area contributed by atoms with Gasteiger partial charge in [-0.2, -0.15) is 0 Å². The topological polar surface area (TPSA) is 121 Å². The Morgan fingerprint density at radius 2 is 1.07 bits per heavy atom. The van der Waals surface area contributed by atoms with Crippen molar-refractivity contribution in [2.75, 3.05) is 49.9 Å². The largest absolute Gasteiger partial charge is 0.355 e. The molecule has 0 saturated carbocycles. The number of benzene rings is 4. The number of likely N-dealkylation sites (N-methyl/N-ethyl adjacent to an activating group) is 2. The summed E-state index contributed by atoms with van der Waals surface area (Å²) in [5.74, 6) is -0.430. The summed E-state index contributed by atoms with van der Waals surface area (Å²) in [5, 5.41) is 7.11. The van der Waals surface area contributed by atoms with Gasteiger partial charge in [0.25, 0.3) is 0 Å². The number of rotatable bonds is 15. The fraction of sp³-hybridized carbons (Fsp3) is 0.375. The maximum atomic E-state index is 14.1. The quantitative estimate of drug-likeness (QED) is 0.0993. The maximum absolute atomic E-state index is 14.1. The number of amides is 4. The number of anilines is 2. The normalized spacial score (nSPS) is 17.7. The number of nitrogens with one attached hydrogen (secondary N) is 3. The summed E-state index contributed by atoms with van der Waals surface area (Å²) in [6.07, 6.45) is 2.79. The van der Waals surface area contributed by atoms with E-state index in [9.17, 15) is 19.2 Å². The van der Waals surface area contributed by atoms with Crippen LogP contribution < -0.4 is 10.6 Å². The van der Waals surface area contributed by atoms with E-state index in [0.29, 0.717) is 37.3 Å². The molecular weight excluding hydrogens is 739 g/mol. The van der Waals surface area contributed by atoms with E-state index in [1.54, 1.807) is 9.80 Å². The van der Waals surface area contributed by atoms with E-state index in [2.05, 4.69) is 53.1 Å². The summed E-state index contributed by atoms with van der Waals surface area (Å²) in [7, 11) is 0. The molecule has 5 aromatic rings. The Bertz CT molecular complexity index is 2220. The zero-order valence-corrected chi connectivity index (χ0v) is 34.7. The molecule has 2 aliphatic rings. The number of aromatic amines is 1. The van der Waals surface area contributed by atoms with Crippen LogP contribution in [0.5, 0.6) is 0 Å². The van der Waals surface area contributed by atoms with Crippen LogP contribution >= 0.6 is 0 Å². The molecule has 4 aromatic carbocycles. The minimum Gasteiger partial charge on any atom is -0.355 e. The van der Waals surface area contributed by atoms with Crippen molar-refractivity contribution in [2.24, 2.45) is 0 Å². The fourth-order valence-corrected chi connectivity index (χ4v) is 8.94. The molecule has 4 atom stereocenters. The predicted molar refractivity (Wildman–Crippen MR) is 235 cm³/mol. The zero-order valence-electron chi connectivity index (χ0n) is 34.7. The summed E-state index contributed by atoms with van der Waals surface area (Å²) in [5.41, 5.74) is 5.96. The third kappa shape index (κ3) is 8.96. The smallest absolute Gasteiger partial charge is 0.247 e. The Hall–Kier alpha value is -5.78. The number of aromatic nitrogens is 1. The van der Waals surface area contributed by atoms with Crippen LogP contribution in [0.2, 0.25) is 0 Å². The maximum Gasteiger partial charge on any atom is 0.247 e. The molecule has 2 saturated heterocycles. The molecule has 2 aliphatic heterocycles. The molecule has 3 N–H and O–H groups in total. The Morgan fingerprint density at radius 3 is 1.54 bits per heavy atom. The molecule has 11 heteroatoms. The molecule has 0 unspecified atom stereocenters. The molecule has 4 amide bonds. The van der Waals surface area contributed by atoms with Gasteiger partial charge in [0.1, 0.15) is 24.2 Å². The van der Waals surface area contributed by atoms with Gasteiger partial charge < -0.3 is 25.4 Å². The van der Waals surface area contributed by atoms with Crippen LogP contribution in [0, 0.1) is 0 Å². The second-order valence-corrected chi connectivity index (χ2v) is 15.5. The number of hydrogen-bond acceptors (Lipinski definition) is 6. The van der Waals surface area contributed by atoms with Gasteiger partial charge in [-0.15, -0.1) is 0 Å². The van der Waals surface area contributed by atoms with Gasteiger partial charge in [0.15, 0.2) is 0 Å². The lowest BCUT2D eigenvalue weighted by molar-refractivity contribution is -0.141. The van der Waals surface area contributed by atoms with Crippen molar-refractivity contribution in [3.05, 3.63) is 120 Å². The summed E-state index contributed by atoms with van der Waals surface area (Å²) < 4.78 is 0. The first-order valence-corrected chi connectivity index (χ1v) is 21.3. The molecule has 0 bridgehead atoms. The average Bonchev–Trinajstić information content (AvgIpc) is 4.06. The summed E-state index contributed by atoms with van der Waals surface area (Å²) in [6.45, 7) is 12.2. The van der Waals surface area contributed by atoms with E-state index in [1.807, 2.05) is 109 Å². The van der Waals surface area contributed by atoms with Gasteiger partial charge in [0.05, 0.1) is 0 Å². The number of hydrogen-bond donors (Lipinski definition) is 3. The van der Waals surface area contributed by atoms with Gasteiger partial charge in [-0.05, 0) is 105 Å². The highest BCUT2D eigenvalue weighted by Gasteiger charge is 2.40. The molecule has 2 fully saturated rings. The van der Waals surface area contributed by atoms with E-state index in [-0.39, 0.29) is 23.6 Å². The third-order valence-corrected chi connectivity index (χ3v) is 12.1. The lowest BCUT2D eigenvalue weighted by atomic mass is 10.0. The second-order valence-electron chi connectivity index (χ2n) is 15.5. The van der Waals surface area contributed by atoms with Gasteiger partial charge in [-0.1, -0.05) is 100 Å². The monoisotopic (exact) mass is 795 g/mol. The van der Waals surface area contributed by atoms with Crippen LogP contribution in [0.3, 0.4) is 0 Å². The number of fused-ring (bicyclic) bond motifs is 1. The summed E-state index contributed by atoms with van der Waals surface area (Å²) in [6, 6.07) is 33.2. The molecule has 7 rings (SSSR count). The van der Waals surface area contributed by atoms with Crippen molar-refractivity contribution in [3.63, 3.8) is 0 Å². The molecule has 0 aliphatic carbocycles. The molecule has 1 aromatic heterocycles. The van der Waals surface area contributed by atoms with Crippen molar-refractivity contribution in [1.82, 2.24) is 24.6 Å². The van der Waals surface area contributed by atoms with Gasteiger partial charge in [0.2, 0.25) is 23.6 Å². The Morgan fingerprint density at radius 1 is 0.610 bits per heavy atom. The van der Waals surface area contributed by atoms with Crippen LogP contribution in [0.15, 0.2) is 109 Å². The number of likely N-dealkylation sites (tertiary alicyclic amines) is 2.